The summed E-state index contributed by atoms with van der Waals surface area (Å²) in [7, 11) is 0. The summed E-state index contributed by atoms with van der Waals surface area (Å²) in [6.45, 7) is 1.11. The molecule has 2 amide bonds. The number of carbonyl (C=O) groups is 1. The fourth-order valence-electron chi connectivity index (χ4n) is 5.07. The molecular formula is C33H33F3N4O. The van der Waals surface area contributed by atoms with Gasteiger partial charge in [0.25, 0.3) is 0 Å². The summed E-state index contributed by atoms with van der Waals surface area (Å²) < 4.78 is 38.8. The van der Waals surface area contributed by atoms with E-state index in [1.807, 2.05) is 24.3 Å². The number of benzene rings is 3. The van der Waals surface area contributed by atoms with Crippen molar-refractivity contribution in [2.45, 2.75) is 57.4 Å². The molecule has 3 aromatic carbocycles. The average molecular weight is 559 g/mol. The molecule has 0 aliphatic heterocycles. The first kappa shape index (κ1) is 28.4. The molecule has 5 nitrogen and oxygen atoms in total. The Hall–Kier alpha value is -4.17. The van der Waals surface area contributed by atoms with Crippen molar-refractivity contribution in [3.05, 3.63) is 114 Å². The van der Waals surface area contributed by atoms with Crippen LogP contribution in [-0.4, -0.2) is 17.1 Å². The molecule has 1 aliphatic rings. The summed E-state index contributed by atoms with van der Waals surface area (Å²) in [5.74, 6) is 0.429. The molecule has 5 rings (SSSR count). The minimum Gasteiger partial charge on any atom is -0.310 e. The summed E-state index contributed by atoms with van der Waals surface area (Å²) in [6.07, 6.45) is 3.65. The molecule has 41 heavy (non-hydrogen) atoms. The number of aromatic nitrogens is 1. The van der Waals surface area contributed by atoms with Crippen LogP contribution in [0.3, 0.4) is 0 Å². The van der Waals surface area contributed by atoms with Gasteiger partial charge in [-0.25, -0.2) is 9.78 Å². The van der Waals surface area contributed by atoms with E-state index in [2.05, 4.69) is 39.9 Å². The molecule has 1 heterocycles. The number of carbonyl (C=O) groups excluding carboxylic acids is 1. The highest BCUT2D eigenvalue weighted by Crippen LogP contribution is 2.30. The Morgan fingerprint density at radius 2 is 1.44 bits per heavy atom. The number of hydrogen-bond acceptors (Lipinski definition) is 3. The van der Waals surface area contributed by atoms with Gasteiger partial charge in [0, 0.05) is 24.5 Å². The Labute approximate surface area is 238 Å². The Balaban J connectivity index is 1.24. The van der Waals surface area contributed by atoms with Gasteiger partial charge in [-0.2, -0.15) is 13.2 Å². The number of halogens is 3. The van der Waals surface area contributed by atoms with E-state index in [4.69, 9.17) is 0 Å². The third-order valence-electron chi connectivity index (χ3n) is 7.42. The molecule has 4 aromatic rings. The maximum absolute atomic E-state index is 13.2. The number of urea groups is 1. The Morgan fingerprint density at radius 3 is 2.02 bits per heavy atom. The quantitative estimate of drug-likeness (QED) is 0.228. The molecule has 0 unspecified atom stereocenters. The zero-order valence-electron chi connectivity index (χ0n) is 22.7. The highest BCUT2D eigenvalue weighted by atomic mass is 19.4. The fourth-order valence-corrected chi connectivity index (χ4v) is 5.07. The van der Waals surface area contributed by atoms with Gasteiger partial charge in [0.15, 0.2) is 0 Å². The van der Waals surface area contributed by atoms with E-state index in [9.17, 15) is 18.0 Å². The van der Waals surface area contributed by atoms with E-state index in [-0.39, 0.29) is 12.2 Å². The third-order valence-corrected chi connectivity index (χ3v) is 7.42. The minimum atomic E-state index is -4.44. The number of amides is 2. The number of alkyl halides is 3. The predicted octanol–water partition coefficient (Wildman–Crippen LogP) is 8.43. The van der Waals surface area contributed by atoms with Gasteiger partial charge in [0.05, 0.1) is 12.1 Å². The lowest BCUT2D eigenvalue weighted by Crippen LogP contribution is -2.35. The standard InChI is InChI=1S/C33H33F3N4O/c34-33(35,36)28-17-19-30(20-18-28)39-32(41)40(31-8-4-5-21-37-31)23-25-11-15-27(16-12-25)26-13-9-24(10-14-26)22-38-29-6-2-1-3-7-29/h4-5,8-21,29,38H,1-3,6-7,22-23H2,(H,39,41). The molecule has 0 atom stereocenters. The Morgan fingerprint density at radius 1 is 0.805 bits per heavy atom. The van der Waals surface area contributed by atoms with Crippen LogP contribution in [0.4, 0.5) is 29.5 Å². The van der Waals surface area contributed by atoms with Gasteiger partial charge in [-0.15, -0.1) is 0 Å². The van der Waals surface area contributed by atoms with Gasteiger partial charge in [0.2, 0.25) is 0 Å². The van der Waals surface area contributed by atoms with Crippen LogP contribution in [0.25, 0.3) is 11.1 Å². The molecule has 0 saturated heterocycles. The monoisotopic (exact) mass is 558 g/mol. The third kappa shape index (κ3) is 7.73. The van der Waals surface area contributed by atoms with Gasteiger partial charge in [0.1, 0.15) is 5.82 Å². The first-order valence-electron chi connectivity index (χ1n) is 13.9. The summed E-state index contributed by atoms with van der Waals surface area (Å²) in [5.41, 5.74) is 3.81. The van der Waals surface area contributed by atoms with Crippen molar-refractivity contribution < 1.29 is 18.0 Å². The number of hydrogen-bond donors (Lipinski definition) is 2. The van der Waals surface area contributed by atoms with Crippen LogP contribution in [-0.2, 0) is 19.3 Å². The Kier molecular flexibility index (Phi) is 8.99. The minimum absolute atomic E-state index is 0.232. The van der Waals surface area contributed by atoms with Crippen LogP contribution in [0.5, 0.6) is 0 Å². The van der Waals surface area contributed by atoms with Gasteiger partial charge in [-0.1, -0.05) is 73.9 Å². The molecule has 0 spiro atoms. The lowest BCUT2D eigenvalue weighted by atomic mass is 9.95. The fraction of sp³-hybridized carbons (Fsp3) is 0.273. The second-order valence-corrected chi connectivity index (χ2v) is 10.4. The van der Waals surface area contributed by atoms with Gasteiger partial charge in [-0.05, 0) is 71.5 Å². The first-order valence-corrected chi connectivity index (χ1v) is 13.9. The molecular weight excluding hydrogens is 525 g/mol. The van der Waals surface area contributed by atoms with E-state index in [1.54, 1.807) is 24.4 Å². The van der Waals surface area contributed by atoms with E-state index in [0.717, 1.165) is 35.4 Å². The zero-order valence-corrected chi connectivity index (χ0v) is 22.7. The van der Waals surface area contributed by atoms with Crippen LogP contribution in [0.1, 0.15) is 48.8 Å². The summed E-state index contributed by atoms with van der Waals surface area (Å²) in [6, 6.07) is 26.3. The van der Waals surface area contributed by atoms with E-state index >= 15 is 0 Å². The summed E-state index contributed by atoms with van der Waals surface area (Å²) in [5, 5.41) is 6.37. The van der Waals surface area contributed by atoms with Crippen molar-refractivity contribution >= 4 is 17.5 Å². The molecule has 212 valence electrons. The number of nitrogens with one attached hydrogen (secondary N) is 2. The van der Waals surface area contributed by atoms with E-state index in [0.29, 0.717) is 11.9 Å². The molecule has 1 fully saturated rings. The number of anilines is 2. The van der Waals surface area contributed by atoms with Crippen molar-refractivity contribution in [3.63, 3.8) is 0 Å². The zero-order chi connectivity index (χ0) is 28.7. The lowest BCUT2D eigenvalue weighted by molar-refractivity contribution is -0.137. The van der Waals surface area contributed by atoms with Crippen molar-refractivity contribution in [3.8, 4) is 11.1 Å². The largest absolute Gasteiger partial charge is 0.416 e. The predicted molar refractivity (Wildman–Crippen MR) is 156 cm³/mol. The van der Waals surface area contributed by atoms with Crippen LogP contribution in [0.2, 0.25) is 0 Å². The first-order chi connectivity index (χ1) is 19.8. The van der Waals surface area contributed by atoms with E-state index in [1.165, 1.54) is 54.7 Å². The summed E-state index contributed by atoms with van der Waals surface area (Å²) >= 11 is 0. The maximum Gasteiger partial charge on any atom is 0.416 e. The van der Waals surface area contributed by atoms with Crippen molar-refractivity contribution in [2.24, 2.45) is 0 Å². The van der Waals surface area contributed by atoms with Crippen LogP contribution < -0.4 is 15.5 Å². The normalized spacial score (nSPS) is 14.0. The van der Waals surface area contributed by atoms with Crippen molar-refractivity contribution in [1.82, 2.24) is 10.3 Å². The topological polar surface area (TPSA) is 57.3 Å². The molecule has 0 bridgehead atoms. The molecule has 8 heteroatoms. The lowest BCUT2D eigenvalue weighted by Gasteiger charge is -2.23. The number of rotatable bonds is 8. The van der Waals surface area contributed by atoms with Crippen LogP contribution in [0, 0.1) is 0 Å². The molecule has 1 aromatic heterocycles. The van der Waals surface area contributed by atoms with Gasteiger partial charge in [-0.3, -0.25) is 4.90 Å². The molecule has 0 radical (unpaired) electrons. The second kappa shape index (κ2) is 13.0. The maximum atomic E-state index is 13.2. The highest BCUT2D eigenvalue weighted by molar-refractivity contribution is 6.01. The van der Waals surface area contributed by atoms with E-state index < -0.39 is 17.8 Å². The smallest absolute Gasteiger partial charge is 0.310 e. The van der Waals surface area contributed by atoms with Gasteiger partial charge >= 0.3 is 12.2 Å². The highest BCUT2D eigenvalue weighted by Gasteiger charge is 2.30. The second-order valence-electron chi connectivity index (χ2n) is 10.4. The SMILES string of the molecule is O=C(Nc1ccc(C(F)(F)F)cc1)N(Cc1ccc(-c2ccc(CNC3CCCCC3)cc2)cc1)c1ccccn1. The Bertz CT molecular complexity index is 1400. The van der Waals surface area contributed by atoms with Crippen LogP contribution >= 0.6 is 0 Å². The molecule has 1 saturated carbocycles. The van der Waals surface area contributed by atoms with Crippen LogP contribution in [0.15, 0.2) is 97.2 Å². The molecule has 1 aliphatic carbocycles. The summed E-state index contributed by atoms with van der Waals surface area (Å²) in [4.78, 5) is 19.0. The number of pyridine rings is 1. The van der Waals surface area contributed by atoms with Crippen molar-refractivity contribution in [1.29, 1.82) is 0 Å². The average Bonchev–Trinajstić information content (AvgIpc) is 3.00. The van der Waals surface area contributed by atoms with Crippen molar-refractivity contribution in [2.75, 3.05) is 10.2 Å². The molecule has 2 N–H and O–H groups in total. The van der Waals surface area contributed by atoms with Gasteiger partial charge < -0.3 is 10.6 Å². The number of nitrogens with zero attached hydrogens (tertiary/aromatic N) is 2.